The van der Waals surface area contributed by atoms with Gasteiger partial charge in [0.2, 0.25) is 0 Å². The zero-order valence-corrected chi connectivity index (χ0v) is 10.6. The van der Waals surface area contributed by atoms with Crippen LogP contribution in [-0.2, 0) is 6.54 Å². The van der Waals surface area contributed by atoms with Gasteiger partial charge in [0.25, 0.3) is 5.91 Å². The molecule has 5 nitrogen and oxygen atoms in total. The highest BCUT2D eigenvalue weighted by Crippen LogP contribution is 2.22. The van der Waals surface area contributed by atoms with Gasteiger partial charge >= 0.3 is 0 Å². The van der Waals surface area contributed by atoms with Crippen molar-refractivity contribution < 1.29 is 4.79 Å². The third-order valence-corrected chi connectivity index (χ3v) is 3.21. The third-order valence-electron chi connectivity index (χ3n) is 3.21. The molecule has 19 heavy (non-hydrogen) atoms. The SMILES string of the molecule is Cc1ccc2cc(C(N)=O)n(Cc3cn[nH]c3)c2c1. The highest BCUT2D eigenvalue weighted by atomic mass is 16.1. The molecule has 0 radical (unpaired) electrons. The van der Waals surface area contributed by atoms with Crippen molar-refractivity contribution in [1.29, 1.82) is 0 Å². The smallest absolute Gasteiger partial charge is 0.265 e. The lowest BCUT2D eigenvalue weighted by Crippen LogP contribution is -2.17. The maximum Gasteiger partial charge on any atom is 0.265 e. The number of aromatic amines is 1. The van der Waals surface area contributed by atoms with E-state index in [4.69, 9.17) is 5.73 Å². The summed E-state index contributed by atoms with van der Waals surface area (Å²) in [6.07, 6.45) is 3.55. The molecule has 0 aliphatic heterocycles. The molecular formula is C14H14N4O. The van der Waals surface area contributed by atoms with Crippen molar-refractivity contribution in [3.8, 4) is 0 Å². The van der Waals surface area contributed by atoms with E-state index in [1.165, 1.54) is 0 Å². The largest absolute Gasteiger partial charge is 0.364 e. The van der Waals surface area contributed by atoms with Crippen LogP contribution in [0.4, 0.5) is 0 Å². The van der Waals surface area contributed by atoms with Gasteiger partial charge in [-0.1, -0.05) is 12.1 Å². The molecule has 3 aromatic rings. The molecule has 0 saturated heterocycles. The van der Waals surface area contributed by atoms with Crippen molar-refractivity contribution in [2.24, 2.45) is 5.73 Å². The molecule has 2 heterocycles. The summed E-state index contributed by atoms with van der Waals surface area (Å²) in [5, 5.41) is 7.71. The standard InChI is InChI=1S/C14H14N4O/c1-9-2-3-11-5-13(14(15)19)18(12(11)4-9)8-10-6-16-17-7-10/h2-7H,8H2,1H3,(H2,15,19)(H,16,17). The number of nitrogens with zero attached hydrogens (tertiary/aromatic N) is 2. The van der Waals surface area contributed by atoms with Crippen LogP contribution in [0, 0.1) is 6.92 Å². The second-order valence-electron chi connectivity index (χ2n) is 4.65. The molecule has 3 rings (SSSR count). The van der Waals surface area contributed by atoms with Crippen molar-refractivity contribution in [3.63, 3.8) is 0 Å². The van der Waals surface area contributed by atoms with Crippen LogP contribution in [0.25, 0.3) is 10.9 Å². The lowest BCUT2D eigenvalue weighted by molar-refractivity contribution is 0.0992. The van der Waals surface area contributed by atoms with Crippen LogP contribution < -0.4 is 5.73 Å². The average Bonchev–Trinajstić information content (AvgIpc) is 2.98. The van der Waals surface area contributed by atoms with Gasteiger partial charge in [-0.3, -0.25) is 9.89 Å². The number of carbonyl (C=O) groups is 1. The Hall–Kier alpha value is -2.56. The van der Waals surface area contributed by atoms with Gasteiger partial charge in [-0.25, -0.2) is 0 Å². The van der Waals surface area contributed by atoms with Crippen molar-refractivity contribution in [2.45, 2.75) is 13.5 Å². The number of amides is 1. The summed E-state index contributed by atoms with van der Waals surface area (Å²) < 4.78 is 1.93. The van der Waals surface area contributed by atoms with Crippen molar-refractivity contribution in [1.82, 2.24) is 14.8 Å². The molecule has 3 N–H and O–H groups in total. The van der Waals surface area contributed by atoms with Gasteiger partial charge in [-0.05, 0) is 24.6 Å². The van der Waals surface area contributed by atoms with E-state index in [1.807, 2.05) is 35.9 Å². The van der Waals surface area contributed by atoms with E-state index in [9.17, 15) is 4.79 Å². The fourth-order valence-corrected chi connectivity index (χ4v) is 2.29. The van der Waals surface area contributed by atoms with E-state index in [-0.39, 0.29) is 0 Å². The van der Waals surface area contributed by atoms with Gasteiger partial charge < -0.3 is 10.3 Å². The molecule has 0 saturated carbocycles. The number of aromatic nitrogens is 3. The maximum atomic E-state index is 11.6. The summed E-state index contributed by atoms with van der Waals surface area (Å²) in [5.74, 6) is -0.419. The first-order valence-electron chi connectivity index (χ1n) is 6.02. The van der Waals surface area contributed by atoms with Crippen LogP contribution in [0.15, 0.2) is 36.7 Å². The summed E-state index contributed by atoms with van der Waals surface area (Å²) >= 11 is 0. The van der Waals surface area contributed by atoms with Crippen molar-refractivity contribution in [2.75, 3.05) is 0 Å². The Bertz CT molecular complexity index is 740. The van der Waals surface area contributed by atoms with E-state index >= 15 is 0 Å². The molecular weight excluding hydrogens is 240 g/mol. The average molecular weight is 254 g/mol. The number of nitrogens with two attached hydrogens (primary N) is 1. The zero-order chi connectivity index (χ0) is 13.4. The number of carbonyl (C=O) groups excluding carboxylic acids is 1. The lowest BCUT2D eigenvalue weighted by atomic mass is 10.2. The van der Waals surface area contributed by atoms with E-state index in [1.54, 1.807) is 6.20 Å². The molecule has 0 aliphatic carbocycles. The second kappa shape index (κ2) is 4.28. The Morgan fingerprint density at radius 1 is 1.42 bits per heavy atom. The molecule has 2 aromatic heterocycles. The van der Waals surface area contributed by atoms with Crippen LogP contribution in [-0.4, -0.2) is 20.7 Å². The number of hydrogen-bond donors (Lipinski definition) is 2. The number of rotatable bonds is 3. The fourth-order valence-electron chi connectivity index (χ4n) is 2.29. The highest BCUT2D eigenvalue weighted by Gasteiger charge is 2.13. The fraction of sp³-hybridized carbons (Fsp3) is 0.143. The number of H-pyrrole nitrogens is 1. The van der Waals surface area contributed by atoms with Crippen LogP contribution in [0.1, 0.15) is 21.6 Å². The summed E-state index contributed by atoms with van der Waals surface area (Å²) in [6.45, 7) is 2.60. The molecule has 1 amide bonds. The molecule has 0 fully saturated rings. The molecule has 0 aliphatic rings. The van der Waals surface area contributed by atoms with Crippen LogP contribution in [0.3, 0.4) is 0 Å². The molecule has 96 valence electrons. The molecule has 0 atom stereocenters. The Labute approximate surface area is 110 Å². The highest BCUT2D eigenvalue weighted by molar-refractivity contribution is 5.98. The minimum atomic E-state index is -0.419. The first-order valence-corrected chi connectivity index (χ1v) is 6.02. The maximum absolute atomic E-state index is 11.6. The van der Waals surface area contributed by atoms with Gasteiger partial charge in [-0.2, -0.15) is 5.10 Å². The number of fused-ring (bicyclic) bond motifs is 1. The second-order valence-corrected chi connectivity index (χ2v) is 4.65. The molecule has 0 bridgehead atoms. The Morgan fingerprint density at radius 2 is 2.26 bits per heavy atom. The minimum Gasteiger partial charge on any atom is -0.364 e. The summed E-state index contributed by atoms with van der Waals surface area (Å²) in [5.41, 5.74) is 9.14. The van der Waals surface area contributed by atoms with Crippen LogP contribution in [0.2, 0.25) is 0 Å². The van der Waals surface area contributed by atoms with Gasteiger partial charge in [0, 0.05) is 22.7 Å². The zero-order valence-electron chi connectivity index (χ0n) is 10.6. The Kier molecular flexibility index (Phi) is 2.59. The number of primary amides is 1. The van der Waals surface area contributed by atoms with Crippen molar-refractivity contribution in [3.05, 3.63) is 53.5 Å². The number of nitrogens with one attached hydrogen (secondary N) is 1. The quantitative estimate of drug-likeness (QED) is 0.748. The number of aryl methyl sites for hydroxylation is 1. The summed E-state index contributed by atoms with van der Waals surface area (Å²) in [6, 6.07) is 7.91. The molecule has 0 unspecified atom stereocenters. The first kappa shape index (κ1) is 11.5. The Morgan fingerprint density at radius 3 is 2.95 bits per heavy atom. The molecule has 1 aromatic carbocycles. The topological polar surface area (TPSA) is 76.7 Å². The van der Waals surface area contributed by atoms with Crippen molar-refractivity contribution >= 4 is 16.8 Å². The molecule has 0 spiro atoms. The molecule has 5 heteroatoms. The van der Waals surface area contributed by atoms with E-state index in [0.29, 0.717) is 12.2 Å². The number of hydrogen-bond acceptors (Lipinski definition) is 2. The summed E-state index contributed by atoms with van der Waals surface area (Å²) in [7, 11) is 0. The van der Waals surface area contributed by atoms with Gasteiger partial charge in [0.1, 0.15) is 5.69 Å². The number of benzene rings is 1. The van der Waals surface area contributed by atoms with Crippen LogP contribution >= 0.6 is 0 Å². The van der Waals surface area contributed by atoms with E-state index in [0.717, 1.165) is 22.0 Å². The van der Waals surface area contributed by atoms with E-state index in [2.05, 4.69) is 16.3 Å². The lowest BCUT2D eigenvalue weighted by Gasteiger charge is -2.07. The Balaban J connectivity index is 2.20. The monoisotopic (exact) mass is 254 g/mol. The predicted molar refractivity (Wildman–Crippen MR) is 72.9 cm³/mol. The van der Waals surface area contributed by atoms with Gasteiger partial charge in [0.05, 0.1) is 12.7 Å². The van der Waals surface area contributed by atoms with Crippen LogP contribution in [0.5, 0.6) is 0 Å². The minimum absolute atomic E-state index is 0.419. The van der Waals surface area contributed by atoms with Gasteiger partial charge in [-0.15, -0.1) is 0 Å². The summed E-state index contributed by atoms with van der Waals surface area (Å²) in [4.78, 5) is 11.6. The first-order chi connectivity index (χ1) is 9.15. The normalized spacial score (nSPS) is 11.0. The van der Waals surface area contributed by atoms with Gasteiger partial charge in [0.15, 0.2) is 0 Å². The van der Waals surface area contributed by atoms with E-state index < -0.39 is 5.91 Å². The predicted octanol–water partition coefficient (Wildman–Crippen LogP) is 1.82. The third kappa shape index (κ3) is 1.99.